The second-order valence-corrected chi connectivity index (χ2v) is 3.93. The lowest BCUT2D eigenvalue weighted by molar-refractivity contribution is -0.390. The molecular formula is C9H10BrN3O4. The van der Waals surface area contributed by atoms with E-state index in [9.17, 15) is 14.9 Å². The van der Waals surface area contributed by atoms with Gasteiger partial charge in [-0.15, -0.1) is 0 Å². The number of hydrogen-bond acceptors (Lipinski definition) is 5. The minimum absolute atomic E-state index is 0.0469. The van der Waals surface area contributed by atoms with E-state index in [1.807, 2.05) is 0 Å². The van der Waals surface area contributed by atoms with Gasteiger partial charge in [-0.1, -0.05) is 6.58 Å². The molecule has 8 heteroatoms. The van der Waals surface area contributed by atoms with Gasteiger partial charge in [-0.2, -0.15) is 4.68 Å². The first kappa shape index (κ1) is 13.4. The number of rotatable bonds is 5. The van der Waals surface area contributed by atoms with E-state index in [1.165, 1.54) is 10.9 Å². The fraction of sp³-hybridized carbons (Fsp3) is 0.333. The number of nitrogens with zero attached hydrogens (tertiary/aromatic N) is 3. The van der Waals surface area contributed by atoms with Crippen LogP contribution in [-0.4, -0.2) is 27.3 Å². The molecular weight excluding hydrogens is 294 g/mol. The van der Waals surface area contributed by atoms with Crippen LogP contribution in [0, 0.1) is 10.1 Å². The number of carbonyl (C=O) groups is 1. The molecule has 0 aliphatic rings. The standard InChI is InChI=1S/C9H10BrN3O4/c1-3-17-9(14)6(2)4-12-5-7(10)8(11-12)13(15)16/h5H,2-4H2,1H3. The lowest BCUT2D eigenvalue weighted by Crippen LogP contribution is -2.12. The quantitative estimate of drug-likeness (QED) is 0.357. The van der Waals surface area contributed by atoms with Gasteiger partial charge in [0.2, 0.25) is 0 Å². The molecule has 1 aromatic heterocycles. The lowest BCUT2D eigenvalue weighted by Gasteiger charge is -2.02. The third-order valence-electron chi connectivity index (χ3n) is 1.79. The van der Waals surface area contributed by atoms with Crippen molar-refractivity contribution in [2.24, 2.45) is 0 Å². The second-order valence-electron chi connectivity index (χ2n) is 3.08. The predicted octanol–water partition coefficient (Wildman–Crippen LogP) is 1.67. The maximum Gasteiger partial charge on any atom is 0.404 e. The number of halogens is 1. The Morgan fingerprint density at radius 1 is 1.76 bits per heavy atom. The molecule has 0 spiro atoms. The molecule has 0 saturated heterocycles. The molecule has 17 heavy (non-hydrogen) atoms. The van der Waals surface area contributed by atoms with Gasteiger partial charge in [0.1, 0.15) is 4.47 Å². The Kier molecular flexibility index (Phi) is 4.38. The molecule has 0 aromatic carbocycles. The van der Waals surface area contributed by atoms with Crippen molar-refractivity contribution in [1.82, 2.24) is 9.78 Å². The minimum Gasteiger partial charge on any atom is -0.463 e. The molecule has 1 aromatic rings. The third kappa shape index (κ3) is 3.38. The third-order valence-corrected chi connectivity index (χ3v) is 2.35. The zero-order valence-electron chi connectivity index (χ0n) is 9.05. The first-order valence-corrected chi connectivity index (χ1v) is 5.47. The number of aromatic nitrogens is 2. The molecule has 0 fully saturated rings. The Balaban J connectivity index is 2.76. The Bertz CT molecular complexity index is 469. The molecule has 0 bridgehead atoms. The smallest absolute Gasteiger partial charge is 0.404 e. The number of hydrogen-bond donors (Lipinski definition) is 0. The summed E-state index contributed by atoms with van der Waals surface area (Å²) in [7, 11) is 0. The zero-order valence-corrected chi connectivity index (χ0v) is 10.6. The summed E-state index contributed by atoms with van der Waals surface area (Å²) < 4.78 is 6.24. The largest absolute Gasteiger partial charge is 0.463 e. The van der Waals surface area contributed by atoms with Crippen LogP contribution in [0.5, 0.6) is 0 Å². The van der Waals surface area contributed by atoms with Gasteiger partial charge in [0.15, 0.2) is 0 Å². The topological polar surface area (TPSA) is 87.3 Å². The number of esters is 1. The van der Waals surface area contributed by atoms with Crippen molar-refractivity contribution < 1.29 is 14.5 Å². The van der Waals surface area contributed by atoms with Crippen LogP contribution in [0.4, 0.5) is 5.82 Å². The van der Waals surface area contributed by atoms with Gasteiger partial charge in [0, 0.05) is 0 Å². The first-order valence-electron chi connectivity index (χ1n) is 4.68. The highest BCUT2D eigenvalue weighted by Crippen LogP contribution is 2.22. The van der Waals surface area contributed by atoms with Gasteiger partial charge in [-0.25, -0.2) is 4.79 Å². The Morgan fingerprint density at radius 2 is 2.41 bits per heavy atom. The molecule has 0 radical (unpaired) electrons. The predicted molar refractivity (Wildman–Crippen MR) is 62.4 cm³/mol. The zero-order chi connectivity index (χ0) is 13.0. The highest BCUT2D eigenvalue weighted by Gasteiger charge is 2.20. The number of ether oxygens (including phenoxy) is 1. The lowest BCUT2D eigenvalue weighted by atomic mass is 10.3. The van der Waals surface area contributed by atoms with Crippen LogP contribution >= 0.6 is 15.9 Å². The minimum atomic E-state index is -0.617. The van der Waals surface area contributed by atoms with Gasteiger partial charge in [0.25, 0.3) is 0 Å². The summed E-state index contributed by atoms with van der Waals surface area (Å²) in [6.45, 7) is 5.51. The van der Waals surface area contributed by atoms with E-state index in [0.717, 1.165) is 0 Å². The summed E-state index contributed by atoms with van der Waals surface area (Å²) in [6, 6.07) is 0. The second kappa shape index (κ2) is 5.58. The molecule has 7 nitrogen and oxygen atoms in total. The van der Waals surface area contributed by atoms with Crippen LogP contribution in [-0.2, 0) is 16.1 Å². The van der Waals surface area contributed by atoms with Crippen LogP contribution in [0.25, 0.3) is 0 Å². The average molecular weight is 304 g/mol. The Labute approximate surface area is 105 Å². The number of carbonyl (C=O) groups excluding carboxylic acids is 1. The van der Waals surface area contributed by atoms with Gasteiger partial charge in [-0.05, 0) is 27.8 Å². The highest BCUT2D eigenvalue weighted by atomic mass is 79.9. The van der Waals surface area contributed by atoms with Crippen molar-refractivity contribution in [2.75, 3.05) is 6.61 Å². The monoisotopic (exact) mass is 303 g/mol. The molecule has 92 valence electrons. The van der Waals surface area contributed by atoms with Crippen LogP contribution in [0.15, 0.2) is 22.8 Å². The summed E-state index contributed by atoms with van der Waals surface area (Å²) in [5, 5.41) is 14.2. The molecule has 1 rings (SSSR count). The van der Waals surface area contributed by atoms with Gasteiger partial charge >= 0.3 is 11.8 Å². The van der Waals surface area contributed by atoms with Crippen molar-refractivity contribution in [3.05, 3.63) is 32.9 Å². The van der Waals surface area contributed by atoms with Crippen LogP contribution < -0.4 is 0 Å². The van der Waals surface area contributed by atoms with E-state index >= 15 is 0 Å². The summed E-state index contributed by atoms with van der Waals surface area (Å²) >= 11 is 3.00. The number of nitro groups is 1. The van der Waals surface area contributed by atoms with E-state index in [-0.39, 0.29) is 29.0 Å². The van der Waals surface area contributed by atoms with Crippen molar-refractivity contribution in [3.63, 3.8) is 0 Å². The van der Waals surface area contributed by atoms with E-state index in [4.69, 9.17) is 4.74 Å². The molecule has 0 aliphatic carbocycles. The maximum atomic E-state index is 11.3. The van der Waals surface area contributed by atoms with E-state index < -0.39 is 10.9 Å². The summed E-state index contributed by atoms with van der Waals surface area (Å²) in [5.74, 6) is -0.844. The van der Waals surface area contributed by atoms with Gasteiger partial charge in [0.05, 0.1) is 30.0 Å². The SMILES string of the molecule is C=C(Cn1cc(Br)c([N+](=O)[O-])n1)C(=O)OCC. The van der Waals surface area contributed by atoms with Crippen molar-refractivity contribution in [3.8, 4) is 0 Å². The Morgan fingerprint density at radius 3 is 2.88 bits per heavy atom. The Hall–Kier alpha value is -1.70. The van der Waals surface area contributed by atoms with Crippen molar-refractivity contribution in [1.29, 1.82) is 0 Å². The van der Waals surface area contributed by atoms with E-state index in [2.05, 4.69) is 27.6 Å². The van der Waals surface area contributed by atoms with E-state index in [0.29, 0.717) is 0 Å². The van der Waals surface area contributed by atoms with Crippen molar-refractivity contribution >= 4 is 27.7 Å². The van der Waals surface area contributed by atoms with Crippen LogP contribution in [0.2, 0.25) is 0 Å². The fourth-order valence-electron chi connectivity index (χ4n) is 1.08. The summed E-state index contributed by atoms with van der Waals surface area (Å²) in [5.41, 5.74) is 0.178. The summed E-state index contributed by atoms with van der Waals surface area (Å²) in [6.07, 6.45) is 1.41. The molecule has 0 N–H and O–H groups in total. The van der Waals surface area contributed by atoms with Gasteiger partial charge < -0.3 is 14.9 Å². The maximum absolute atomic E-state index is 11.3. The van der Waals surface area contributed by atoms with Crippen LogP contribution in [0.1, 0.15) is 6.92 Å². The highest BCUT2D eigenvalue weighted by molar-refractivity contribution is 9.10. The van der Waals surface area contributed by atoms with Crippen molar-refractivity contribution in [2.45, 2.75) is 13.5 Å². The fourth-order valence-corrected chi connectivity index (χ4v) is 1.55. The van der Waals surface area contributed by atoms with Gasteiger partial charge in [-0.3, -0.25) is 0 Å². The molecule has 0 aliphatic heterocycles. The summed E-state index contributed by atoms with van der Waals surface area (Å²) in [4.78, 5) is 21.2. The molecule has 0 amide bonds. The van der Waals surface area contributed by atoms with Crippen LogP contribution in [0.3, 0.4) is 0 Å². The van der Waals surface area contributed by atoms with E-state index in [1.54, 1.807) is 6.92 Å². The molecule has 0 atom stereocenters. The first-order chi connectivity index (χ1) is 7.95. The normalized spacial score (nSPS) is 10.0. The molecule has 0 saturated carbocycles. The average Bonchev–Trinajstić information content (AvgIpc) is 2.59. The molecule has 0 unspecified atom stereocenters. The molecule has 1 heterocycles.